The molecular weight excluding hydrogens is 354 g/mol. The Labute approximate surface area is 166 Å². The molecule has 0 aliphatic rings. The zero-order chi connectivity index (χ0) is 20.4. The van der Waals surface area contributed by atoms with Gasteiger partial charge < -0.3 is 24.0 Å². The van der Waals surface area contributed by atoms with Crippen molar-refractivity contribution in [2.75, 3.05) is 13.7 Å². The highest BCUT2D eigenvalue weighted by atomic mass is 16.5. The molecule has 0 saturated carbocycles. The normalized spacial score (nSPS) is 11.4. The second-order valence-electron chi connectivity index (χ2n) is 6.38. The zero-order valence-electron chi connectivity index (χ0n) is 17.0. The van der Waals surface area contributed by atoms with Gasteiger partial charge in [-0.3, -0.25) is 0 Å². The van der Waals surface area contributed by atoms with Crippen LogP contribution in [0.3, 0.4) is 0 Å². The molecule has 0 bridgehead atoms. The molecule has 0 spiro atoms. The quantitative estimate of drug-likeness (QED) is 0.536. The molecule has 0 fully saturated rings. The molecule has 5 nitrogen and oxygen atoms in total. The third kappa shape index (κ3) is 6.13. The van der Waals surface area contributed by atoms with Crippen LogP contribution in [0, 0.1) is 0 Å². The van der Waals surface area contributed by atoms with Crippen molar-refractivity contribution in [2.24, 2.45) is 0 Å². The average molecular weight is 383 g/mol. The Balaban J connectivity index is 0.000000878. The van der Waals surface area contributed by atoms with E-state index in [9.17, 15) is 0 Å². The molecule has 1 aromatic heterocycles. The van der Waals surface area contributed by atoms with Crippen molar-refractivity contribution in [2.45, 2.75) is 39.8 Å². The van der Waals surface area contributed by atoms with E-state index >= 15 is 0 Å². The standard InChI is InChI=1S/C21H25NO3.C2H4O/c1-4-11-23-18-6-8-19(9-7-18)24-14-16-5-10-20-17(12-16)13-21(25-20)15(2)22-3;1-2-3/h5-10,12-13,15,22H,4,11,14H2,1-3H3;2H,1H3. The molecular formula is C23H29NO4. The first-order valence-corrected chi connectivity index (χ1v) is 9.56. The summed E-state index contributed by atoms with van der Waals surface area (Å²) in [4.78, 5) is 8.81. The van der Waals surface area contributed by atoms with Gasteiger partial charge in [0.25, 0.3) is 0 Å². The molecule has 0 aliphatic carbocycles. The first-order chi connectivity index (χ1) is 13.6. The molecule has 0 saturated heterocycles. The lowest BCUT2D eigenvalue weighted by Gasteiger charge is -2.08. The fourth-order valence-electron chi connectivity index (χ4n) is 2.58. The van der Waals surface area contributed by atoms with Gasteiger partial charge in [0.05, 0.1) is 12.6 Å². The largest absolute Gasteiger partial charge is 0.494 e. The summed E-state index contributed by atoms with van der Waals surface area (Å²) in [5.74, 6) is 2.65. The molecule has 150 valence electrons. The number of furan rings is 1. The van der Waals surface area contributed by atoms with Gasteiger partial charge in [0, 0.05) is 5.39 Å². The summed E-state index contributed by atoms with van der Waals surface area (Å²) >= 11 is 0. The van der Waals surface area contributed by atoms with Crippen molar-refractivity contribution < 1.29 is 18.7 Å². The minimum absolute atomic E-state index is 0.195. The molecule has 28 heavy (non-hydrogen) atoms. The van der Waals surface area contributed by atoms with Gasteiger partial charge in [-0.15, -0.1) is 0 Å². The van der Waals surface area contributed by atoms with Crippen molar-refractivity contribution in [3.05, 3.63) is 59.9 Å². The monoisotopic (exact) mass is 383 g/mol. The van der Waals surface area contributed by atoms with Crippen molar-refractivity contribution in [3.8, 4) is 11.5 Å². The van der Waals surface area contributed by atoms with Crippen LogP contribution in [0.15, 0.2) is 52.9 Å². The first kappa shape index (κ1) is 21.5. The van der Waals surface area contributed by atoms with E-state index < -0.39 is 0 Å². The molecule has 1 unspecified atom stereocenters. The molecule has 3 aromatic rings. The summed E-state index contributed by atoms with van der Waals surface area (Å²) in [6.07, 6.45) is 1.75. The Kier molecular flexibility index (Phi) is 8.56. The Hall–Kier alpha value is -2.79. The number of nitrogens with one attached hydrogen (secondary N) is 1. The average Bonchev–Trinajstić information content (AvgIpc) is 3.15. The predicted molar refractivity (Wildman–Crippen MR) is 112 cm³/mol. The maximum atomic E-state index is 8.81. The molecule has 0 aliphatic heterocycles. The van der Waals surface area contributed by atoms with Crippen LogP contribution in [0.4, 0.5) is 0 Å². The molecule has 1 heterocycles. The Morgan fingerprint density at radius 3 is 2.32 bits per heavy atom. The Morgan fingerprint density at radius 2 is 1.71 bits per heavy atom. The summed E-state index contributed by atoms with van der Waals surface area (Å²) in [5.41, 5.74) is 2.02. The van der Waals surface area contributed by atoms with E-state index in [0.717, 1.165) is 53.1 Å². The van der Waals surface area contributed by atoms with E-state index in [-0.39, 0.29) is 6.04 Å². The van der Waals surface area contributed by atoms with Crippen molar-refractivity contribution in [1.29, 1.82) is 0 Å². The Morgan fingerprint density at radius 1 is 1.07 bits per heavy atom. The van der Waals surface area contributed by atoms with Gasteiger partial charge in [-0.25, -0.2) is 0 Å². The third-order valence-corrected chi connectivity index (χ3v) is 4.16. The molecule has 1 N–H and O–H groups in total. The van der Waals surface area contributed by atoms with Gasteiger partial charge in [-0.05, 0) is 75.3 Å². The van der Waals surface area contributed by atoms with Crippen molar-refractivity contribution >= 4 is 17.3 Å². The Bertz CT molecular complexity index is 855. The highest BCUT2D eigenvalue weighted by molar-refractivity contribution is 5.78. The lowest BCUT2D eigenvalue weighted by Crippen LogP contribution is -2.10. The van der Waals surface area contributed by atoms with E-state index in [1.165, 1.54) is 6.92 Å². The lowest BCUT2D eigenvalue weighted by atomic mass is 10.1. The van der Waals surface area contributed by atoms with Crippen molar-refractivity contribution in [1.82, 2.24) is 5.32 Å². The summed E-state index contributed by atoms with van der Waals surface area (Å²) in [7, 11) is 1.93. The van der Waals surface area contributed by atoms with Crippen LogP contribution >= 0.6 is 0 Å². The predicted octanol–water partition coefficient (Wildman–Crippen LogP) is 5.29. The molecule has 2 aromatic carbocycles. The molecule has 1 atom stereocenters. The van der Waals surface area contributed by atoms with Crippen LogP contribution in [0.5, 0.6) is 11.5 Å². The van der Waals surface area contributed by atoms with Crippen LogP contribution in [-0.4, -0.2) is 19.9 Å². The molecule has 3 rings (SSSR count). The number of aldehydes is 1. The number of rotatable bonds is 8. The number of carbonyl (C=O) groups is 1. The number of fused-ring (bicyclic) bond motifs is 1. The van der Waals surface area contributed by atoms with E-state index in [4.69, 9.17) is 18.7 Å². The van der Waals surface area contributed by atoms with Crippen LogP contribution < -0.4 is 14.8 Å². The van der Waals surface area contributed by atoms with Gasteiger partial charge in [0.2, 0.25) is 0 Å². The second-order valence-corrected chi connectivity index (χ2v) is 6.38. The minimum atomic E-state index is 0.195. The lowest BCUT2D eigenvalue weighted by molar-refractivity contribution is -0.106. The highest BCUT2D eigenvalue weighted by Crippen LogP contribution is 2.25. The number of ether oxygens (including phenoxy) is 2. The van der Waals surface area contributed by atoms with Crippen LogP contribution in [0.1, 0.15) is 44.6 Å². The van der Waals surface area contributed by atoms with E-state index in [2.05, 4.69) is 31.3 Å². The zero-order valence-corrected chi connectivity index (χ0v) is 17.0. The van der Waals surface area contributed by atoms with Gasteiger partial charge in [-0.1, -0.05) is 13.0 Å². The second kappa shape index (κ2) is 11.1. The third-order valence-electron chi connectivity index (χ3n) is 4.16. The molecule has 5 heteroatoms. The summed E-state index contributed by atoms with van der Waals surface area (Å²) in [6.45, 7) is 6.87. The number of carbonyl (C=O) groups excluding carboxylic acids is 1. The van der Waals surface area contributed by atoms with Crippen LogP contribution in [0.25, 0.3) is 11.0 Å². The van der Waals surface area contributed by atoms with E-state index in [0.29, 0.717) is 6.61 Å². The van der Waals surface area contributed by atoms with Gasteiger partial charge in [0.15, 0.2) is 0 Å². The topological polar surface area (TPSA) is 60.7 Å². The van der Waals surface area contributed by atoms with Crippen molar-refractivity contribution in [3.63, 3.8) is 0 Å². The van der Waals surface area contributed by atoms with E-state index in [1.54, 1.807) is 0 Å². The summed E-state index contributed by atoms with van der Waals surface area (Å²) in [6, 6.07) is 16.2. The van der Waals surface area contributed by atoms with Gasteiger partial charge >= 0.3 is 0 Å². The fraction of sp³-hybridized carbons (Fsp3) is 0.348. The fourth-order valence-corrected chi connectivity index (χ4v) is 2.58. The minimum Gasteiger partial charge on any atom is -0.494 e. The number of hydrogen-bond donors (Lipinski definition) is 1. The van der Waals surface area contributed by atoms with Crippen LogP contribution in [0.2, 0.25) is 0 Å². The van der Waals surface area contributed by atoms with E-state index in [1.807, 2.05) is 43.4 Å². The highest BCUT2D eigenvalue weighted by Gasteiger charge is 2.10. The molecule has 0 radical (unpaired) electrons. The summed E-state index contributed by atoms with van der Waals surface area (Å²) in [5, 5.41) is 4.29. The number of benzene rings is 2. The maximum absolute atomic E-state index is 8.81. The smallest absolute Gasteiger partial charge is 0.134 e. The first-order valence-electron chi connectivity index (χ1n) is 9.56. The molecule has 0 amide bonds. The summed E-state index contributed by atoms with van der Waals surface area (Å²) < 4.78 is 17.3. The SMILES string of the molecule is CC=O.CCCOc1ccc(OCc2ccc3oc(C(C)NC)cc3c2)cc1. The van der Waals surface area contributed by atoms with Gasteiger partial charge in [0.1, 0.15) is 35.7 Å². The van der Waals surface area contributed by atoms with Crippen LogP contribution in [-0.2, 0) is 11.4 Å². The van der Waals surface area contributed by atoms with Gasteiger partial charge in [-0.2, -0.15) is 0 Å². The maximum Gasteiger partial charge on any atom is 0.134 e. The number of hydrogen-bond acceptors (Lipinski definition) is 5.